The quantitative estimate of drug-likeness (QED) is 0.566. The lowest BCUT2D eigenvalue weighted by Crippen LogP contribution is -2.29. The fourth-order valence-electron chi connectivity index (χ4n) is 2.60. The fourth-order valence-corrected chi connectivity index (χ4v) is 2.80. The summed E-state index contributed by atoms with van der Waals surface area (Å²) >= 11 is 6.11. The van der Waals surface area contributed by atoms with Crippen molar-refractivity contribution in [2.45, 2.75) is 12.7 Å². The van der Waals surface area contributed by atoms with Crippen molar-refractivity contribution < 1.29 is 18.0 Å². The lowest BCUT2D eigenvalue weighted by molar-refractivity contribution is -0.137. The molecule has 1 amide bonds. The molecule has 2 heterocycles. The maximum atomic E-state index is 12.9. The number of nitrogens with zero attached hydrogens (tertiary/aromatic N) is 3. The minimum atomic E-state index is -4.50. The van der Waals surface area contributed by atoms with Crippen molar-refractivity contribution in [1.29, 1.82) is 0 Å². The zero-order valence-electron chi connectivity index (χ0n) is 15.1. The number of rotatable bonds is 7. The highest BCUT2D eigenvalue weighted by Crippen LogP contribution is 2.33. The van der Waals surface area contributed by atoms with Gasteiger partial charge in [0.2, 0.25) is 0 Å². The van der Waals surface area contributed by atoms with Gasteiger partial charge in [-0.05, 0) is 23.8 Å². The van der Waals surface area contributed by atoms with Crippen molar-refractivity contribution in [3.05, 3.63) is 76.7 Å². The van der Waals surface area contributed by atoms with Gasteiger partial charge in [0.15, 0.2) is 0 Å². The van der Waals surface area contributed by atoms with Gasteiger partial charge in [0.05, 0.1) is 23.9 Å². The normalized spacial score (nSPS) is 11.3. The number of anilines is 1. The lowest BCUT2D eigenvalue weighted by atomic mass is 10.2. The summed E-state index contributed by atoms with van der Waals surface area (Å²) in [6, 6.07) is 9.48. The third kappa shape index (κ3) is 5.47. The SMILES string of the molecule is O=C(NCCNc1ncccc1C(F)(F)F)c1cnn(Cc2ccccc2Cl)c1. The molecule has 0 fully saturated rings. The maximum Gasteiger partial charge on any atom is 0.419 e. The van der Waals surface area contributed by atoms with Crippen LogP contribution in [0.2, 0.25) is 5.02 Å². The highest BCUT2D eigenvalue weighted by atomic mass is 35.5. The van der Waals surface area contributed by atoms with Gasteiger partial charge in [-0.15, -0.1) is 0 Å². The van der Waals surface area contributed by atoms with Crippen molar-refractivity contribution in [3.8, 4) is 0 Å². The van der Waals surface area contributed by atoms with E-state index in [9.17, 15) is 18.0 Å². The second-order valence-corrected chi connectivity index (χ2v) is 6.51. The minimum Gasteiger partial charge on any atom is -0.368 e. The van der Waals surface area contributed by atoms with Crippen LogP contribution in [0.3, 0.4) is 0 Å². The third-order valence-electron chi connectivity index (χ3n) is 4.00. The average molecular weight is 424 g/mol. The number of carbonyl (C=O) groups is 1. The number of halogens is 4. The molecular formula is C19H17ClF3N5O. The monoisotopic (exact) mass is 423 g/mol. The number of benzene rings is 1. The van der Waals surface area contributed by atoms with E-state index in [-0.39, 0.29) is 24.8 Å². The Morgan fingerprint density at radius 1 is 1.14 bits per heavy atom. The first-order valence-corrected chi connectivity index (χ1v) is 9.02. The zero-order chi connectivity index (χ0) is 20.9. The molecule has 3 rings (SSSR count). The summed E-state index contributed by atoms with van der Waals surface area (Å²) < 4.78 is 40.4. The Labute approximate surface area is 169 Å². The molecule has 152 valence electrons. The Bertz CT molecular complexity index is 990. The van der Waals surface area contributed by atoms with E-state index >= 15 is 0 Å². The molecule has 0 spiro atoms. The molecule has 29 heavy (non-hydrogen) atoms. The van der Waals surface area contributed by atoms with Gasteiger partial charge < -0.3 is 10.6 Å². The Hall–Kier alpha value is -3.07. The molecule has 0 bridgehead atoms. The Morgan fingerprint density at radius 3 is 2.69 bits per heavy atom. The van der Waals surface area contributed by atoms with E-state index in [1.165, 1.54) is 18.5 Å². The summed E-state index contributed by atoms with van der Waals surface area (Å²) in [5.41, 5.74) is 0.349. The van der Waals surface area contributed by atoms with Crippen LogP contribution in [0.1, 0.15) is 21.5 Å². The highest BCUT2D eigenvalue weighted by Gasteiger charge is 2.33. The van der Waals surface area contributed by atoms with E-state index in [2.05, 4.69) is 20.7 Å². The number of alkyl halides is 3. The van der Waals surface area contributed by atoms with Crippen LogP contribution in [0.25, 0.3) is 0 Å². The smallest absolute Gasteiger partial charge is 0.368 e. The molecule has 0 saturated heterocycles. The summed E-state index contributed by atoms with van der Waals surface area (Å²) in [4.78, 5) is 15.9. The van der Waals surface area contributed by atoms with Crippen molar-refractivity contribution in [3.63, 3.8) is 0 Å². The van der Waals surface area contributed by atoms with Crippen LogP contribution in [-0.2, 0) is 12.7 Å². The largest absolute Gasteiger partial charge is 0.419 e. The molecule has 6 nitrogen and oxygen atoms in total. The van der Waals surface area contributed by atoms with E-state index in [0.29, 0.717) is 17.1 Å². The predicted molar refractivity (Wildman–Crippen MR) is 103 cm³/mol. The van der Waals surface area contributed by atoms with Gasteiger partial charge in [0.1, 0.15) is 5.82 Å². The molecule has 2 N–H and O–H groups in total. The fraction of sp³-hybridized carbons (Fsp3) is 0.211. The summed E-state index contributed by atoms with van der Waals surface area (Å²) in [7, 11) is 0. The van der Waals surface area contributed by atoms with E-state index in [4.69, 9.17) is 11.6 Å². The molecule has 0 unspecified atom stereocenters. The van der Waals surface area contributed by atoms with Crippen molar-refractivity contribution >= 4 is 23.3 Å². The zero-order valence-corrected chi connectivity index (χ0v) is 15.8. The first kappa shape index (κ1) is 20.7. The molecule has 0 radical (unpaired) electrons. The standard InChI is InChI=1S/C19H17ClF3N5O/c20-16-6-2-1-4-13(16)11-28-12-14(10-27-28)18(29)26-9-8-25-17-15(19(21,22)23)5-3-7-24-17/h1-7,10,12H,8-9,11H2,(H,24,25)(H,26,29). The van der Waals surface area contributed by atoms with Crippen LogP contribution in [-0.4, -0.2) is 33.8 Å². The van der Waals surface area contributed by atoms with Crippen LogP contribution in [0, 0.1) is 0 Å². The average Bonchev–Trinajstić information content (AvgIpc) is 3.15. The molecule has 0 saturated carbocycles. The topological polar surface area (TPSA) is 71.8 Å². The molecule has 3 aromatic rings. The van der Waals surface area contributed by atoms with Gasteiger partial charge in [0.25, 0.3) is 5.91 Å². The van der Waals surface area contributed by atoms with Crippen molar-refractivity contribution in [2.75, 3.05) is 18.4 Å². The second-order valence-electron chi connectivity index (χ2n) is 6.10. The molecule has 0 aliphatic rings. The predicted octanol–water partition coefficient (Wildman–Crippen LogP) is 3.84. The van der Waals surface area contributed by atoms with Crippen LogP contribution < -0.4 is 10.6 Å². The number of nitrogens with one attached hydrogen (secondary N) is 2. The number of aromatic nitrogens is 3. The first-order valence-electron chi connectivity index (χ1n) is 8.65. The van der Waals surface area contributed by atoms with Crippen LogP contribution in [0.5, 0.6) is 0 Å². The minimum absolute atomic E-state index is 0.0829. The molecule has 1 aromatic carbocycles. The van der Waals surface area contributed by atoms with Crippen LogP contribution >= 0.6 is 11.6 Å². The maximum absolute atomic E-state index is 12.9. The summed E-state index contributed by atoms with van der Waals surface area (Å²) in [5.74, 6) is -0.656. The molecular weight excluding hydrogens is 407 g/mol. The van der Waals surface area contributed by atoms with Gasteiger partial charge in [-0.25, -0.2) is 4.98 Å². The van der Waals surface area contributed by atoms with Gasteiger partial charge in [0, 0.05) is 30.5 Å². The molecule has 2 aromatic heterocycles. The number of hydrogen-bond acceptors (Lipinski definition) is 4. The summed E-state index contributed by atoms with van der Waals surface area (Å²) in [5, 5.41) is 9.95. The lowest BCUT2D eigenvalue weighted by Gasteiger charge is -2.13. The van der Waals surface area contributed by atoms with Gasteiger partial charge in [-0.2, -0.15) is 18.3 Å². The number of pyridine rings is 1. The molecule has 0 aliphatic heterocycles. The van der Waals surface area contributed by atoms with Crippen molar-refractivity contribution in [2.24, 2.45) is 0 Å². The van der Waals surface area contributed by atoms with Gasteiger partial charge in [-0.1, -0.05) is 29.8 Å². The summed E-state index contributed by atoms with van der Waals surface area (Å²) in [6.45, 7) is 0.608. The van der Waals surface area contributed by atoms with Crippen LogP contribution in [0.4, 0.5) is 19.0 Å². The number of amides is 1. The van der Waals surface area contributed by atoms with E-state index in [1.807, 2.05) is 18.2 Å². The number of carbonyl (C=O) groups excluding carboxylic acids is 1. The molecule has 10 heteroatoms. The number of hydrogen-bond donors (Lipinski definition) is 2. The first-order chi connectivity index (χ1) is 13.8. The Kier molecular flexibility index (Phi) is 6.38. The van der Waals surface area contributed by atoms with Crippen LogP contribution in [0.15, 0.2) is 55.0 Å². The van der Waals surface area contributed by atoms with E-state index < -0.39 is 11.7 Å². The van der Waals surface area contributed by atoms with E-state index in [0.717, 1.165) is 11.6 Å². The highest BCUT2D eigenvalue weighted by molar-refractivity contribution is 6.31. The van der Waals surface area contributed by atoms with Crippen molar-refractivity contribution in [1.82, 2.24) is 20.1 Å². The second kappa shape index (κ2) is 8.95. The third-order valence-corrected chi connectivity index (χ3v) is 4.37. The van der Waals surface area contributed by atoms with Gasteiger partial charge in [-0.3, -0.25) is 9.48 Å². The van der Waals surface area contributed by atoms with Gasteiger partial charge >= 0.3 is 6.18 Å². The van der Waals surface area contributed by atoms with E-state index in [1.54, 1.807) is 16.9 Å². The molecule has 0 atom stereocenters. The summed E-state index contributed by atoms with van der Waals surface area (Å²) in [6.07, 6.45) is -0.244. The Balaban J connectivity index is 1.51. The Morgan fingerprint density at radius 2 is 1.93 bits per heavy atom. The molecule has 0 aliphatic carbocycles.